The van der Waals surface area contributed by atoms with Crippen molar-refractivity contribution in [3.63, 3.8) is 0 Å². The van der Waals surface area contributed by atoms with Crippen LogP contribution in [0.3, 0.4) is 0 Å². The topological polar surface area (TPSA) is 73.9 Å². The van der Waals surface area contributed by atoms with E-state index < -0.39 is 6.04 Å². The molecule has 2 N–H and O–H groups in total. The van der Waals surface area contributed by atoms with Gasteiger partial charge >= 0.3 is 0 Å². The number of nitrogens with one attached hydrogen (secondary N) is 2. The maximum atomic E-state index is 13.5. The second kappa shape index (κ2) is 7.28. The van der Waals surface area contributed by atoms with Crippen molar-refractivity contribution in [2.24, 2.45) is 0 Å². The highest BCUT2D eigenvalue weighted by Gasteiger charge is 2.27. The highest BCUT2D eigenvalue weighted by atomic mass is 32.1. The Morgan fingerprint density at radius 2 is 1.64 bits per heavy atom. The molecule has 6 nitrogen and oxygen atoms in total. The Bertz CT molecular complexity index is 1240. The van der Waals surface area contributed by atoms with Crippen molar-refractivity contribution in [2.45, 2.75) is 6.04 Å². The second-order valence-electron chi connectivity index (χ2n) is 6.44. The molecular weight excluding hydrogens is 372 g/mol. The third kappa shape index (κ3) is 3.05. The first-order valence-corrected chi connectivity index (χ1v) is 9.18. The van der Waals surface area contributed by atoms with Crippen molar-refractivity contribution in [3.8, 4) is 0 Å². The van der Waals surface area contributed by atoms with Crippen molar-refractivity contribution in [3.05, 3.63) is 93.5 Å². The predicted molar refractivity (Wildman–Crippen MR) is 112 cm³/mol. The molecule has 2 aromatic heterocycles. The average Bonchev–Trinajstić information content (AvgIpc) is 3.12. The summed E-state index contributed by atoms with van der Waals surface area (Å²) in [6.07, 6.45) is 1.74. The van der Waals surface area contributed by atoms with Crippen molar-refractivity contribution in [1.82, 2.24) is 14.8 Å². The van der Waals surface area contributed by atoms with Crippen LogP contribution in [0.15, 0.2) is 77.7 Å². The van der Waals surface area contributed by atoms with E-state index in [1.165, 1.54) is 0 Å². The number of fused-ring (bicyclic) bond motifs is 1. The summed E-state index contributed by atoms with van der Waals surface area (Å²) in [5.41, 5.74) is 1.88. The molecule has 0 saturated heterocycles. The molecule has 1 amide bonds. The Kier molecular flexibility index (Phi) is 4.67. The number of H-pyrrole nitrogens is 2. The van der Waals surface area contributed by atoms with E-state index in [2.05, 4.69) is 10.2 Å². The Hall–Kier alpha value is -3.45. The second-order valence-corrected chi connectivity index (χ2v) is 6.83. The molecule has 0 spiro atoms. The van der Waals surface area contributed by atoms with Gasteiger partial charge in [-0.3, -0.25) is 19.8 Å². The molecule has 2 aromatic carbocycles. The number of amides is 1. The molecule has 0 aliphatic rings. The molecule has 0 aliphatic heterocycles. The fourth-order valence-electron chi connectivity index (χ4n) is 3.28. The number of benzene rings is 2. The normalized spacial score (nSPS) is 12.0. The summed E-state index contributed by atoms with van der Waals surface area (Å²) in [6, 6.07) is 19.9. The standard InChI is InChI=1S/C21H18N4O2S/c1-24(15-10-6-3-7-11-15)20(27)18(14-8-4-2-5-9-14)25-13-12-16-17(21(25)28)19(26)23-22-16/h2-13,18H,1H3,(H2,22,23,26). The molecule has 0 radical (unpaired) electrons. The van der Waals surface area contributed by atoms with E-state index in [4.69, 9.17) is 12.2 Å². The van der Waals surface area contributed by atoms with Gasteiger partial charge in [0.1, 0.15) is 16.1 Å². The molecule has 1 unspecified atom stereocenters. The van der Waals surface area contributed by atoms with Gasteiger partial charge in [-0.05, 0) is 23.8 Å². The third-order valence-electron chi connectivity index (χ3n) is 4.76. The summed E-state index contributed by atoms with van der Waals surface area (Å²) >= 11 is 5.59. The number of hydrogen-bond donors (Lipinski definition) is 2. The van der Waals surface area contributed by atoms with Crippen LogP contribution < -0.4 is 10.5 Å². The molecule has 7 heteroatoms. The number of para-hydroxylation sites is 1. The Balaban J connectivity index is 1.89. The van der Waals surface area contributed by atoms with Gasteiger partial charge in [-0.15, -0.1) is 0 Å². The quantitative estimate of drug-likeness (QED) is 0.523. The first kappa shape index (κ1) is 17.9. The molecular formula is C21H18N4O2S. The zero-order chi connectivity index (χ0) is 19.7. The van der Waals surface area contributed by atoms with E-state index in [1.807, 2.05) is 60.7 Å². The SMILES string of the molecule is CN(C(=O)C(c1ccccc1)n1ccc2[nH][nH]c(=O)c2c1=S)c1ccccc1. The minimum Gasteiger partial charge on any atom is -0.322 e. The van der Waals surface area contributed by atoms with E-state index >= 15 is 0 Å². The predicted octanol–water partition coefficient (Wildman–Crippen LogP) is 3.64. The van der Waals surface area contributed by atoms with Gasteiger partial charge in [0, 0.05) is 18.9 Å². The zero-order valence-corrected chi connectivity index (χ0v) is 15.9. The van der Waals surface area contributed by atoms with Crippen LogP contribution in [-0.4, -0.2) is 27.7 Å². The van der Waals surface area contributed by atoms with Crippen molar-refractivity contribution < 1.29 is 4.79 Å². The summed E-state index contributed by atoms with van der Waals surface area (Å²) in [5.74, 6) is -0.153. The lowest BCUT2D eigenvalue weighted by molar-refractivity contribution is -0.120. The van der Waals surface area contributed by atoms with Crippen molar-refractivity contribution >= 4 is 34.7 Å². The molecule has 2 heterocycles. The van der Waals surface area contributed by atoms with Crippen LogP contribution in [0.1, 0.15) is 11.6 Å². The van der Waals surface area contributed by atoms with Crippen LogP contribution >= 0.6 is 12.2 Å². The van der Waals surface area contributed by atoms with Gasteiger partial charge in [0.15, 0.2) is 0 Å². The summed E-state index contributed by atoms with van der Waals surface area (Å²) in [7, 11) is 1.73. The number of aromatic nitrogens is 3. The lowest BCUT2D eigenvalue weighted by Crippen LogP contribution is -2.35. The highest BCUT2D eigenvalue weighted by molar-refractivity contribution is 7.71. The van der Waals surface area contributed by atoms with E-state index in [9.17, 15) is 9.59 Å². The minimum atomic E-state index is -0.697. The van der Waals surface area contributed by atoms with Gasteiger partial charge < -0.3 is 9.47 Å². The summed E-state index contributed by atoms with van der Waals surface area (Å²) in [5, 5.41) is 5.71. The molecule has 4 aromatic rings. The van der Waals surface area contributed by atoms with Crippen LogP contribution in [0.25, 0.3) is 10.9 Å². The molecule has 140 valence electrons. The number of carbonyl (C=O) groups is 1. The van der Waals surface area contributed by atoms with Gasteiger partial charge in [-0.25, -0.2) is 0 Å². The number of pyridine rings is 1. The number of likely N-dealkylation sites (N-methyl/N-ethyl adjacent to an activating group) is 1. The smallest absolute Gasteiger partial charge is 0.274 e. The van der Waals surface area contributed by atoms with Gasteiger partial charge in [-0.2, -0.15) is 0 Å². The van der Waals surface area contributed by atoms with E-state index in [0.717, 1.165) is 11.3 Å². The van der Waals surface area contributed by atoms with E-state index in [0.29, 0.717) is 15.5 Å². The molecule has 28 heavy (non-hydrogen) atoms. The number of nitrogens with zero attached hydrogens (tertiary/aromatic N) is 2. The van der Waals surface area contributed by atoms with Crippen LogP contribution in [0.4, 0.5) is 5.69 Å². The Morgan fingerprint density at radius 3 is 2.32 bits per heavy atom. The van der Waals surface area contributed by atoms with E-state index in [-0.39, 0.29) is 11.5 Å². The Morgan fingerprint density at radius 1 is 1.00 bits per heavy atom. The number of rotatable bonds is 4. The van der Waals surface area contributed by atoms with Gasteiger partial charge in [0.05, 0.1) is 5.52 Å². The largest absolute Gasteiger partial charge is 0.322 e. The molecule has 4 rings (SSSR count). The lowest BCUT2D eigenvalue weighted by Gasteiger charge is -2.26. The van der Waals surface area contributed by atoms with Crippen LogP contribution in [-0.2, 0) is 4.79 Å². The fraction of sp³-hybridized carbons (Fsp3) is 0.0952. The van der Waals surface area contributed by atoms with Gasteiger partial charge in [-0.1, -0.05) is 60.7 Å². The summed E-state index contributed by atoms with van der Waals surface area (Å²) < 4.78 is 1.99. The van der Waals surface area contributed by atoms with Crippen molar-refractivity contribution in [1.29, 1.82) is 0 Å². The summed E-state index contributed by atoms with van der Waals surface area (Å²) in [6.45, 7) is 0. The van der Waals surface area contributed by atoms with Crippen LogP contribution in [0, 0.1) is 4.64 Å². The van der Waals surface area contributed by atoms with Crippen LogP contribution in [0.5, 0.6) is 0 Å². The number of hydrogen-bond acceptors (Lipinski definition) is 3. The molecule has 0 aliphatic carbocycles. The zero-order valence-electron chi connectivity index (χ0n) is 15.1. The third-order valence-corrected chi connectivity index (χ3v) is 5.17. The maximum absolute atomic E-state index is 13.5. The van der Waals surface area contributed by atoms with Gasteiger partial charge in [0.2, 0.25) is 0 Å². The number of carbonyl (C=O) groups excluding carboxylic acids is 1. The molecule has 0 saturated carbocycles. The minimum absolute atomic E-state index is 0.153. The number of aromatic amines is 2. The fourth-order valence-corrected chi connectivity index (χ4v) is 3.65. The average molecular weight is 390 g/mol. The summed E-state index contributed by atoms with van der Waals surface area (Å²) in [4.78, 5) is 27.3. The van der Waals surface area contributed by atoms with Crippen LogP contribution in [0.2, 0.25) is 0 Å². The van der Waals surface area contributed by atoms with Crippen molar-refractivity contribution in [2.75, 3.05) is 11.9 Å². The number of anilines is 1. The molecule has 1 atom stereocenters. The monoisotopic (exact) mass is 390 g/mol. The van der Waals surface area contributed by atoms with E-state index in [1.54, 1.807) is 28.8 Å². The molecule has 0 fully saturated rings. The Labute approximate surface area is 166 Å². The van der Waals surface area contributed by atoms with Gasteiger partial charge in [0.25, 0.3) is 11.5 Å². The molecule has 0 bridgehead atoms. The highest BCUT2D eigenvalue weighted by Crippen LogP contribution is 2.25. The first-order valence-electron chi connectivity index (χ1n) is 8.77. The first-order chi connectivity index (χ1) is 13.6. The maximum Gasteiger partial charge on any atom is 0.274 e. The lowest BCUT2D eigenvalue weighted by atomic mass is 10.0.